The maximum Gasteiger partial charge on any atom is 0.246 e. The molecule has 268 valence electrons. The molecular formula is C38H51N7O5. The second-order valence-electron chi connectivity index (χ2n) is 14.3. The molecule has 4 heterocycles. The Hall–Kier alpha value is -4.58. The van der Waals surface area contributed by atoms with Crippen molar-refractivity contribution in [2.45, 2.75) is 95.8 Å². The Kier molecular flexibility index (Phi) is 12.4. The molecule has 2 saturated heterocycles. The molecule has 4 amide bonds. The zero-order valence-corrected chi connectivity index (χ0v) is 29.4. The summed E-state index contributed by atoms with van der Waals surface area (Å²) in [5.74, 6) is -2.37. The molecule has 2 aromatic heterocycles. The van der Waals surface area contributed by atoms with E-state index in [1.165, 1.54) is 4.90 Å². The average Bonchev–Trinajstić information content (AvgIpc) is 3.73. The van der Waals surface area contributed by atoms with Crippen LogP contribution in [0.1, 0.15) is 69.9 Å². The van der Waals surface area contributed by atoms with Crippen molar-refractivity contribution in [3.63, 3.8) is 0 Å². The standard InChI is InChI=1S/C38H51N7O5/c1-24(2)18-26(21-34(46)29-12-6-7-16-41-29)36(48)42-30(20-27-23-44(3)32-13-5-4-11-28(27)32)37(49)43-31(19-25-10-8-15-40-22-25)38(50)45-17-9-14-33(45)35(39)47/h4-5,8,10-11,13,15,22-24,26,29-31,33,41H,6-7,9,12,14,16-21H2,1-3H3,(H2,39,47)(H,42,48)(H,43,49)/t26-,29?,30-,31?,33?/m1/s1. The summed E-state index contributed by atoms with van der Waals surface area (Å²) in [5.41, 5.74) is 8.21. The number of nitrogens with two attached hydrogens (primary N) is 1. The number of amides is 4. The lowest BCUT2D eigenvalue weighted by Gasteiger charge is -2.30. The summed E-state index contributed by atoms with van der Waals surface area (Å²) in [7, 11) is 1.93. The van der Waals surface area contributed by atoms with Crippen LogP contribution in [0.15, 0.2) is 55.0 Å². The third kappa shape index (κ3) is 9.15. The summed E-state index contributed by atoms with van der Waals surface area (Å²) in [5, 5.41) is 10.2. The van der Waals surface area contributed by atoms with Crippen molar-refractivity contribution in [3.05, 3.63) is 66.1 Å². The molecular weight excluding hydrogens is 634 g/mol. The van der Waals surface area contributed by atoms with E-state index in [-0.39, 0.29) is 42.9 Å². The van der Waals surface area contributed by atoms with E-state index >= 15 is 0 Å². The van der Waals surface area contributed by atoms with E-state index in [4.69, 9.17) is 5.73 Å². The minimum Gasteiger partial charge on any atom is -0.368 e. The smallest absolute Gasteiger partial charge is 0.246 e. The van der Waals surface area contributed by atoms with E-state index in [1.54, 1.807) is 18.5 Å². The Morgan fingerprint density at radius 3 is 2.44 bits per heavy atom. The minimum atomic E-state index is -1.06. The molecule has 0 saturated carbocycles. The third-order valence-electron chi connectivity index (χ3n) is 9.95. The van der Waals surface area contributed by atoms with Gasteiger partial charge in [-0.1, -0.05) is 44.5 Å². The van der Waals surface area contributed by atoms with Gasteiger partial charge in [0.25, 0.3) is 0 Å². The van der Waals surface area contributed by atoms with Gasteiger partial charge in [-0.15, -0.1) is 0 Å². The number of nitrogens with one attached hydrogen (secondary N) is 3. The van der Waals surface area contributed by atoms with Gasteiger partial charge in [0.15, 0.2) is 5.78 Å². The molecule has 2 aliphatic rings. The van der Waals surface area contributed by atoms with Gasteiger partial charge >= 0.3 is 0 Å². The molecule has 5 atom stereocenters. The molecule has 5 rings (SSSR count). The van der Waals surface area contributed by atoms with Crippen LogP contribution in [0.25, 0.3) is 10.9 Å². The van der Waals surface area contributed by atoms with Crippen molar-refractivity contribution in [3.8, 4) is 0 Å². The van der Waals surface area contributed by atoms with Gasteiger partial charge in [0.2, 0.25) is 23.6 Å². The third-order valence-corrected chi connectivity index (χ3v) is 9.95. The van der Waals surface area contributed by atoms with Crippen molar-refractivity contribution in [1.82, 2.24) is 30.4 Å². The molecule has 12 heteroatoms. The largest absolute Gasteiger partial charge is 0.368 e. The first kappa shape index (κ1) is 36.7. The number of nitrogens with zero attached hydrogens (tertiary/aromatic N) is 3. The molecule has 50 heavy (non-hydrogen) atoms. The summed E-state index contributed by atoms with van der Waals surface area (Å²) in [6.45, 7) is 5.15. The summed E-state index contributed by atoms with van der Waals surface area (Å²) < 4.78 is 1.98. The number of ketones is 1. The lowest BCUT2D eigenvalue weighted by molar-refractivity contribution is -0.141. The number of Topliss-reactive ketones (excluding diaryl/α,β-unsaturated/α-hetero) is 1. The number of hydrogen-bond donors (Lipinski definition) is 4. The number of hydrogen-bond acceptors (Lipinski definition) is 7. The Balaban J connectivity index is 1.43. The molecule has 0 radical (unpaired) electrons. The molecule has 5 N–H and O–H groups in total. The van der Waals surface area contributed by atoms with E-state index in [0.717, 1.165) is 47.8 Å². The van der Waals surface area contributed by atoms with Gasteiger partial charge in [0.1, 0.15) is 18.1 Å². The highest BCUT2D eigenvalue weighted by Crippen LogP contribution is 2.24. The minimum absolute atomic E-state index is 0.0114. The number of aryl methyl sites for hydroxylation is 1. The fourth-order valence-electron chi connectivity index (χ4n) is 7.42. The number of aromatic nitrogens is 2. The maximum atomic E-state index is 14.4. The number of rotatable bonds is 15. The van der Waals surface area contributed by atoms with Crippen LogP contribution >= 0.6 is 0 Å². The van der Waals surface area contributed by atoms with Crippen molar-refractivity contribution in [2.75, 3.05) is 13.1 Å². The fraction of sp³-hybridized carbons (Fsp3) is 0.526. The summed E-state index contributed by atoms with van der Waals surface area (Å²) in [6, 6.07) is 8.29. The molecule has 2 fully saturated rings. The van der Waals surface area contributed by atoms with E-state index in [2.05, 4.69) is 20.9 Å². The number of benzene rings is 1. The lowest BCUT2D eigenvalue weighted by atomic mass is 9.87. The first-order chi connectivity index (χ1) is 24.0. The van der Waals surface area contributed by atoms with Crippen molar-refractivity contribution in [2.24, 2.45) is 24.6 Å². The van der Waals surface area contributed by atoms with E-state index in [0.29, 0.717) is 25.8 Å². The maximum absolute atomic E-state index is 14.4. The SMILES string of the molecule is CC(C)C[C@H](CC(=O)C1CCCCN1)C(=O)N[C@H](Cc1cn(C)c2ccccc12)C(=O)NC(Cc1cccnc1)C(=O)N1CCCC1C(N)=O. The Morgan fingerprint density at radius 1 is 0.960 bits per heavy atom. The molecule has 0 aliphatic carbocycles. The number of pyridine rings is 1. The number of carbonyl (C=O) groups excluding carboxylic acids is 5. The number of carbonyl (C=O) groups is 5. The molecule has 0 spiro atoms. The van der Waals surface area contributed by atoms with Crippen LogP contribution in [0.2, 0.25) is 0 Å². The quantitative estimate of drug-likeness (QED) is 0.191. The highest BCUT2D eigenvalue weighted by atomic mass is 16.2. The number of piperidine rings is 1. The van der Waals surface area contributed by atoms with Crippen LogP contribution in [-0.4, -0.2) is 81.1 Å². The zero-order chi connectivity index (χ0) is 35.8. The molecule has 3 unspecified atom stereocenters. The zero-order valence-electron chi connectivity index (χ0n) is 29.4. The van der Waals surface area contributed by atoms with Crippen LogP contribution in [0.4, 0.5) is 0 Å². The van der Waals surface area contributed by atoms with Gasteiger partial charge in [-0.3, -0.25) is 29.0 Å². The highest BCUT2D eigenvalue weighted by Gasteiger charge is 2.38. The number of fused-ring (bicyclic) bond motifs is 1. The molecule has 3 aromatic rings. The van der Waals surface area contributed by atoms with Gasteiger partial charge in [0.05, 0.1) is 6.04 Å². The van der Waals surface area contributed by atoms with Crippen LogP contribution in [-0.2, 0) is 43.9 Å². The van der Waals surface area contributed by atoms with E-state index in [1.807, 2.05) is 62.0 Å². The summed E-state index contributed by atoms with van der Waals surface area (Å²) >= 11 is 0. The number of primary amides is 1. The molecule has 1 aromatic carbocycles. The highest BCUT2D eigenvalue weighted by molar-refractivity contribution is 5.96. The summed E-state index contributed by atoms with van der Waals surface area (Å²) in [6.07, 6.45) is 9.88. The average molecular weight is 686 g/mol. The topological polar surface area (TPSA) is 169 Å². The Bertz CT molecular complexity index is 1670. The Morgan fingerprint density at radius 2 is 1.74 bits per heavy atom. The monoisotopic (exact) mass is 685 g/mol. The number of likely N-dealkylation sites (tertiary alicyclic amines) is 1. The van der Waals surface area contributed by atoms with E-state index < -0.39 is 41.8 Å². The van der Waals surface area contributed by atoms with Crippen molar-refractivity contribution < 1.29 is 24.0 Å². The summed E-state index contributed by atoms with van der Waals surface area (Å²) in [4.78, 5) is 73.7. The van der Waals surface area contributed by atoms with Crippen LogP contribution < -0.4 is 21.7 Å². The lowest BCUT2D eigenvalue weighted by Crippen LogP contribution is -2.57. The van der Waals surface area contributed by atoms with Crippen molar-refractivity contribution in [1.29, 1.82) is 0 Å². The predicted octanol–water partition coefficient (Wildman–Crippen LogP) is 2.57. The van der Waals surface area contributed by atoms with Crippen LogP contribution in [0.3, 0.4) is 0 Å². The van der Waals surface area contributed by atoms with Crippen molar-refractivity contribution >= 4 is 40.3 Å². The van der Waals surface area contributed by atoms with Gasteiger partial charge in [-0.25, -0.2) is 0 Å². The first-order valence-electron chi connectivity index (χ1n) is 17.9. The van der Waals surface area contributed by atoms with Gasteiger partial charge in [0, 0.05) is 68.3 Å². The normalized spacial score (nSPS) is 19.6. The van der Waals surface area contributed by atoms with Gasteiger partial charge < -0.3 is 31.2 Å². The Labute approximate surface area is 293 Å². The first-order valence-corrected chi connectivity index (χ1v) is 17.9. The second-order valence-corrected chi connectivity index (χ2v) is 14.3. The number of para-hydroxylation sites is 1. The predicted molar refractivity (Wildman–Crippen MR) is 191 cm³/mol. The molecule has 2 aliphatic heterocycles. The van der Waals surface area contributed by atoms with Crippen LogP contribution in [0.5, 0.6) is 0 Å². The van der Waals surface area contributed by atoms with Gasteiger partial charge in [-0.05, 0) is 67.8 Å². The van der Waals surface area contributed by atoms with Crippen LogP contribution in [0, 0.1) is 11.8 Å². The second kappa shape index (κ2) is 16.9. The molecule has 0 bridgehead atoms. The molecule has 12 nitrogen and oxygen atoms in total. The van der Waals surface area contributed by atoms with E-state index in [9.17, 15) is 24.0 Å². The fourth-order valence-corrected chi connectivity index (χ4v) is 7.42. The van der Waals surface area contributed by atoms with Gasteiger partial charge in [-0.2, -0.15) is 0 Å².